The molecule has 0 aliphatic heterocycles. The predicted octanol–water partition coefficient (Wildman–Crippen LogP) is 3.02. The van der Waals surface area contributed by atoms with Gasteiger partial charge in [0.25, 0.3) is 0 Å². The lowest BCUT2D eigenvalue weighted by atomic mass is 10.2. The van der Waals surface area contributed by atoms with Gasteiger partial charge in [-0.25, -0.2) is 0 Å². The molecule has 0 atom stereocenters. The van der Waals surface area contributed by atoms with Crippen molar-refractivity contribution < 1.29 is 4.79 Å². The summed E-state index contributed by atoms with van der Waals surface area (Å²) in [5, 5.41) is 0. The lowest BCUT2D eigenvalue weighted by Crippen LogP contribution is -1.88. The summed E-state index contributed by atoms with van der Waals surface area (Å²) in [4.78, 5) is 10.6. The lowest BCUT2D eigenvalue weighted by Gasteiger charge is -1.89. The molecule has 13 heavy (non-hydrogen) atoms. The molecule has 0 saturated heterocycles. The van der Waals surface area contributed by atoms with E-state index in [2.05, 4.69) is 37.5 Å². The van der Waals surface area contributed by atoms with E-state index < -0.39 is 0 Å². The molecule has 0 bridgehead atoms. The van der Waals surface area contributed by atoms with Gasteiger partial charge in [0.15, 0.2) is 5.78 Å². The highest BCUT2D eigenvalue weighted by molar-refractivity contribution is 8.34. The van der Waals surface area contributed by atoms with Gasteiger partial charge in [-0.05, 0) is 6.92 Å². The summed E-state index contributed by atoms with van der Waals surface area (Å²) in [7, 11) is 0. The zero-order valence-corrected chi connectivity index (χ0v) is 9.70. The van der Waals surface area contributed by atoms with Crippen molar-refractivity contribution >= 4 is 46.8 Å². The molecule has 0 spiro atoms. The molecule has 70 valence electrons. The second-order valence-corrected chi connectivity index (χ2v) is 4.47. The Kier molecular flexibility index (Phi) is 6.94. The average Bonchev–Trinajstić information content (AvgIpc) is 2.05. The maximum Gasteiger partial charge on any atom is 0.159 e. The summed E-state index contributed by atoms with van der Waals surface area (Å²) >= 11 is 11.4. The van der Waals surface area contributed by atoms with Gasteiger partial charge < -0.3 is 0 Å². The van der Waals surface area contributed by atoms with Crippen LogP contribution in [-0.4, -0.2) is 9.31 Å². The van der Waals surface area contributed by atoms with Crippen LogP contribution in [0.25, 0.3) is 0 Å². The molecule has 0 heterocycles. The van der Waals surface area contributed by atoms with Crippen LogP contribution in [0.2, 0.25) is 0 Å². The first-order valence-electron chi connectivity index (χ1n) is 3.52. The first kappa shape index (κ1) is 12.7. The van der Waals surface area contributed by atoms with E-state index in [4.69, 9.17) is 0 Å². The van der Waals surface area contributed by atoms with Crippen molar-refractivity contribution in [1.29, 1.82) is 0 Å². The monoisotopic (exact) mass is 230 g/mol. The van der Waals surface area contributed by atoms with Crippen LogP contribution in [-0.2, 0) is 0 Å². The number of hydrogen-bond donors (Lipinski definition) is 2. The van der Waals surface area contributed by atoms with Gasteiger partial charge in [-0.2, -0.15) is 0 Å². The molecule has 0 saturated carbocycles. The Morgan fingerprint density at radius 1 is 1.23 bits per heavy atom. The molecule has 0 aliphatic carbocycles. The van der Waals surface area contributed by atoms with E-state index in [-0.39, 0.29) is 5.78 Å². The fourth-order valence-electron chi connectivity index (χ4n) is 0.673. The Bertz CT molecular complexity index is 278. The van der Waals surface area contributed by atoms with Crippen molar-refractivity contribution in [2.24, 2.45) is 0 Å². The molecule has 0 unspecified atom stereocenters. The van der Waals surface area contributed by atoms with E-state index in [0.717, 1.165) is 5.56 Å². The summed E-state index contributed by atoms with van der Waals surface area (Å²) in [5.41, 5.74) is 0.775. The van der Waals surface area contributed by atoms with Gasteiger partial charge >= 0.3 is 0 Å². The van der Waals surface area contributed by atoms with E-state index in [1.54, 1.807) is 6.92 Å². The highest BCUT2D eigenvalue weighted by Crippen LogP contribution is 1.97. The number of rotatable bonds is 1. The highest BCUT2D eigenvalue weighted by atomic mass is 32.2. The minimum Gasteiger partial charge on any atom is -0.295 e. The molecule has 1 rings (SSSR count). The lowest BCUT2D eigenvalue weighted by molar-refractivity contribution is 0.101. The van der Waals surface area contributed by atoms with Crippen LogP contribution in [0.3, 0.4) is 0 Å². The topological polar surface area (TPSA) is 17.1 Å². The van der Waals surface area contributed by atoms with Gasteiger partial charge in [-0.3, -0.25) is 4.79 Å². The van der Waals surface area contributed by atoms with Crippen LogP contribution < -0.4 is 0 Å². The van der Waals surface area contributed by atoms with Crippen molar-refractivity contribution in [3.63, 3.8) is 0 Å². The van der Waals surface area contributed by atoms with Gasteiger partial charge in [0.2, 0.25) is 0 Å². The molecule has 0 radical (unpaired) electrons. The van der Waals surface area contributed by atoms with Crippen molar-refractivity contribution in [2.45, 2.75) is 6.92 Å². The minimum absolute atomic E-state index is 0.121. The molecule has 0 amide bonds. The van der Waals surface area contributed by atoms with Crippen LogP contribution in [0.5, 0.6) is 0 Å². The maximum absolute atomic E-state index is 10.6. The zero-order chi connectivity index (χ0) is 10.3. The quantitative estimate of drug-likeness (QED) is 0.438. The number of thiol groups is 2. The second kappa shape index (κ2) is 7.12. The second-order valence-electron chi connectivity index (χ2n) is 2.20. The fourth-order valence-corrected chi connectivity index (χ4v) is 0.673. The van der Waals surface area contributed by atoms with Crippen molar-refractivity contribution in [3.05, 3.63) is 35.9 Å². The Balaban J connectivity index is 0.000000310. The number of Topliss-reactive ketones (excluding diaryl/α,β-unsaturated/α-hetero) is 1. The molecule has 1 nitrogen and oxygen atoms in total. The van der Waals surface area contributed by atoms with Crippen molar-refractivity contribution in [3.8, 4) is 0 Å². The molecule has 1 aromatic carbocycles. The summed E-state index contributed by atoms with van der Waals surface area (Å²) in [6.07, 6.45) is 0. The third-order valence-corrected chi connectivity index (χ3v) is 1.18. The number of hydrogen-bond acceptors (Lipinski definition) is 2. The summed E-state index contributed by atoms with van der Waals surface area (Å²) in [6.45, 7) is 1.56. The first-order chi connectivity index (χ1) is 6.04. The number of ketones is 1. The standard InChI is InChI=1S/C8H8O.CH2S3/c1-7(9)8-5-3-2-4-6-8;2-1(3)4/h2-6H,1H3;(H2,2,3,4). The van der Waals surface area contributed by atoms with E-state index in [9.17, 15) is 4.79 Å². The summed E-state index contributed by atoms with van der Waals surface area (Å²) in [5.74, 6) is 0.121. The summed E-state index contributed by atoms with van der Waals surface area (Å²) in [6, 6.07) is 9.23. The Morgan fingerprint density at radius 2 is 1.62 bits per heavy atom. The van der Waals surface area contributed by atoms with E-state index >= 15 is 0 Å². The number of thiocarbonyl (C=S) groups is 1. The Hall–Kier alpha value is -0.320. The third-order valence-electron chi connectivity index (χ3n) is 1.18. The SMILES string of the molecule is CC(=O)c1ccccc1.S=C(S)S. The molecular weight excluding hydrogens is 220 g/mol. The molecule has 0 N–H and O–H groups in total. The average molecular weight is 230 g/mol. The van der Waals surface area contributed by atoms with E-state index in [0.29, 0.717) is 3.53 Å². The van der Waals surface area contributed by atoms with Crippen LogP contribution >= 0.6 is 37.5 Å². The van der Waals surface area contributed by atoms with Crippen molar-refractivity contribution in [2.75, 3.05) is 0 Å². The molecule has 4 heteroatoms. The zero-order valence-electron chi connectivity index (χ0n) is 7.10. The highest BCUT2D eigenvalue weighted by Gasteiger charge is 1.92. The summed E-state index contributed by atoms with van der Waals surface area (Å²) < 4.78 is 0.389. The van der Waals surface area contributed by atoms with Gasteiger partial charge in [0, 0.05) is 5.56 Å². The number of benzene rings is 1. The first-order valence-corrected chi connectivity index (χ1v) is 4.82. The van der Waals surface area contributed by atoms with Crippen LogP contribution in [0, 0.1) is 0 Å². The predicted molar refractivity (Wildman–Crippen MR) is 67.0 cm³/mol. The molecular formula is C9H10OS3. The smallest absolute Gasteiger partial charge is 0.159 e. The van der Waals surface area contributed by atoms with Crippen molar-refractivity contribution in [1.82, 2.24) is 0 Å². The van der Waals surface area contributed by atoms with Gasteiger partial charge in [0.1, 0.15) is 0 Å². The molecule has 0 aromatic heterocycles. The molecule has 0 aliphatic rings. The molecule has 1 aromatic rings. The van der Waals surface area contributed by atoms with Gasteiger partial charge in [-0.1, -0.05) is 42.5 Å². The Morgan fingerprint density at radius 3 is 1.85 bits per heavy atom. The minimum atomic E-state index is 0.121. The number of carbonyl (C=O) groups excluding carboxylic acids is 1. The molecule has 0 fully saturated rings. The number of carbonyl (C=O) groups is 1. The van der Waals surface area contributed by atoms with Crippen LogP contribution in [0.15, 0.2) is 30.3 Å². The third kappa shape index (κ3) is 8.02. The van der Waals surface area contributed by atoms with Gasteiger partial charge in [-0.15, -0.1) is 25.3 Å². The largest absolute Gasteiger partial charge is 0.295 e. The van der Waals surface area contributed by atoms with Gasteiger partial charge in [0.05, 0.1) is 3.53 Å². The van der Waals surface area contributed by atoms with Crippen LogP contribution in [0.4, 0.5) is 0 Å². The Labute approximate surface area is 94.4 Å². The van der Waals surface area contributed by atoms with Crippen LogP contribution in [0.1, 0.15) is 17.3 Å². The maximum atomic E-state index is 10.6. The fraction of sp³-hybridized carbons (Fsp3) is 0.111. The van der Waals surface area contributed by atoms with E-state index in [1.807, 2.05) is 30.3 Å². The van der Waals surface area contributed by atoms with E-state index in [1.165, 1.54) is 0 Å². The normalized spacial score (nSPS) is 8.23.